The molecule has 272 valence electrons. The predicted octanol–water partition coefficient (Wildman–Crippen LogP) is 4.74. The molecular formula is C26H28Cl4F3N4O11P. The lowest BCUT2D eigenvalue weighted by Gasteiger charge is -2.12. The van der Waals surface area contributed by atoms with E-state index in [0.29, 0.717) is 4.68 Å². The quantitative estimate of drug-likeness (QED) is 0.0951. The van der Waals surface area contributed by atoms with E-state index >= 15 is 0 Å². The molecule has 15 nitrogen and oxygen atoms in total. The summed E-state index contributed by atoms with van der Waals surface area (Å²) in [5.41, 5.74) is -1.48. The number of benzene rings is 2. The average molecular weight is 802 g/mol. The highest BCUT2D eigenvalue weighted by Crippen LogP contribution is 2.34. The summed E-state index contributed by atoms with van der Waals surface area (Å²) in [6, 6.07) is 4.92. The Kier molecular flexibility index (Phi) is 17.6. The Labute approximate surface area is 295 Å². The topological polar surface area (TPSA) is 220 Å². The third-order valence-corrected chi connectivity index (χ3v) is 7.46. The molecule has 0 amide bonds. The number of aromatic nitrogens is 3. The molecule has 3 rings (SSSR count). The van der Waals surface area contributed by atoms with Crippen LogP contribution >= 0.6 is 54.0 Å². The molecule has 0 aliphatic rings. The number of methoxy groups -OCH3 is 1. The fourth-order valence-electron chi connectivity index (χ4n) is 3.51. The highest BCUT2D eigenvalue weighted by Gasteiger charge is 2.24. The van der Waals surface area contributed by atoms with Crippen molar-refractivity contribution in [3.8, 4) is 11.4 Å². The van der Waals surface area contributed by atoms with Crippen LogP contribution in [0.1, 0.15) is 35.2 Å². The summed E-state index contributed by atoms with van der Waals surface area (Å²) in [6.45, 7) is -0.635. The molecule has 1 heterocycles. The van der Waals surface area contributed by atoms with Gasteiger partial charge in [-0.05, 0) is 43.7 Å². The molecule has 0 fully saturated rings. The number of carbonyl (C=O) groups excluding carboxylic acids is 1. The first-order valence-corrected chi connectivity index (χ1v) is 16.5. The van der Waals surface area contributed by atoms with Crippen LogP contribution in [0.5, 0.6) is 5.75 Å². The number of alkyl halides is 3. The van der Waals surface area contributed by atoms with Crippen LogP contribution in [0.2, 0.25) is 15.1 Å². The third kappa shape index (κ3) is 13.5. The number of nitrogens with zero attached hydrogens (tertiary/aromatic N) is 3. The van der Waals surface area contributed by atoms with Gasteiger partial charge in [-0.25, -0.2) is 18.5 Å². The maximum absolute atomic E-state index is 14.2. The van der Waals surface area contributed by atoms with Crippen LogP contribution in [0.3, 0.4) is 0 Å². The lowest BCUT2D eigenvalue weighted by atomic mass is 10.1. The van der Waals surface area contributed by atoms with E-state index in [0.717, 1.165) is 12.1 Å². The van der Waals surface area contributed by atoms with E-state index in [9.17, 15) is 36.9 Å². The van der Waals surface area contributed by atoms with E-state index in [2.05, 4.69) is 10.4 Å². The zero-order valence-electron chi connectivity index (χ0n) is 25.4. The number of ether oxygens (including phenoxy) is 2. The van der Waals surface area contributed by atoms with Crippen molar-refractivity contribution in [2.75, 3.05) is 26.5 Å². The Bertz CT molecular complexity index is 1760. The second-order valence-electron chi connectivity index (χ2n) is 9.09. The number of aryl methyl sites for hydroxylation is 1. The van der Waals surface area contributed by atoms with Crippen LogP contribution in [0.15, 0.2) is 29.1 Å². The van der Waals surface area contributed by atoms with Gasteiger partial charge in [-0.3, -0.25) is 19.5 Å². The monoisotopic (exact) mass is 800 g/mol. The van der Waals surface area contributed by atoms with Gasteiger partial charge in [0.2, 0.25) is 0 Å². The van der Waals surface area contributed by atoms with Crippen molar-refractivity contribution < 1.29 is 61.6 Å². The lowest BCUT2D eigenvalue weighted by molar-refractivity contribution is -0.142. The molecule has 0 radical (unpaired) electrons. The van der Waals surface area contributed by atoms with Gasteiger partial charge in [-0.2, -0.15) is 13.5 Å². The summed E-state index contributed by atoms with van der Waals surface area (Å²) in [7, 11) is -2.76. The van der Waals surface area contributed by atoms with Crippen molar-refractivity contribution >= 4 is 71.9 Å². The number of halogens is 7. The van der Waals surface area contributed by atoms with E-state index in [1.54, 1.807) is 6.92 Å². The van der Waals surface area contributed by atoms with E-state index in [1.807, 2.05) is 0 Å². The number of carboxylic acid groups (broad SMARTS) is 2. The number of aliphatic carboxylic acids is 1. The second kappa shape index (κ2) is 19.7. The molecule has 0 aliphatic heterocycles. The molecule has 0 saturated carbocycles. The zero-order chi connectivity index (χ0) is 37.8. The van der Waals surface area contributed by atoms with Crippen molar-refractivity contribution in [2.45, 2.75) is 32.2 Å². The summed E-state index contributed by atoms with van der Waals surface area (Å²) < 4.78 is 60.4. The predicted molar refractivity (Wildman–Crippen MR) is 171 cm³/mol. The van der Waals surface area contributed by atoms with Crippen molar-refractivity contribution in [3.63, 3.8) is 0 Å². The molecular weight excluding hydrogens is 774 g/mol. The number of hydrogen-bond acceptors (Lipinski definition) is 9. The average Bonchev–Trinajstić information content (AvgIpc) is 3.28. The SMILES string of the molecule is CCOC(=O)C(Cl)Cc1cc(-n2nc(C)n(C(F)F)c2=O)c(F)cc1Cl.COc1c(Cl)ccc(Cl)c1C(=O)O.O=C(O)CNCP(=O)(O)O. The molecule has 0 bridgehead atoms. The van der Waals surface area contributed by atoms with Crippen molar-refractivity contribution in [1.82, 2.24) is 19.7 Å². The maximum Gasteiger partial charge on any atom is 0.355 e. The highest BCUT2D eigenvalue weighted by atomic mass is 35.5. The number of nitrogens with one attached hydrogen (secondary N) is 1. The van der Waals surface area contributed by atoms with Gasteiger partial charge < -0.3 is 29.5 Å². The molecule has 0 spiro atoms. The molecule has 1 atom stereocenters. The van der Waals surface area contributed by atoms with Crippen molar-refractivity contribution in [2.24, 2.45) is 0 Å². The standard InChI is InChI=1S/C15H14Cl2F3N3O3.C8H6Cl2O3.C3H8NO5P/c1-3-26-13(24)10(17)4-8-5-12(11(18)6-9(8)16)23-15(25)22(14(19)20)7(2)21-23;1-13-7-5(10)3-2-4(9)6(7)8(11)12;5-3(6)1-4-2-10(7,8)9/h5-6,10,14H,3-4H2,1-2H3;2-3H,1H3,(H,11,12);4H,1-2H2,(H,5,6)(H2,7,8,9). The van der Waals surface area contributed by atoms with Gasteiger partial charge in [-0.15, -0.1) is 16.7 Å². The van der Waals surface area contributed by atoms with Crippen LogP contribution < -0.4 is 15.7 Å². The van der Waals surface area contributed by atoms with E-state index in [-0.39, 0.29) is 61.1 Å². The summed E-state index contributed by atoms with van der Waals surface area (Å²) in [5.74, 6) is -4.14. The highest BCUT2D eigenvalue weighted by molar-refractivity contribution is 7.51. The van der Waals surface area contributed by atoms with Crippen LogP contribution in [0.4, 0.5) is 13.2 Å². The molecule has 23 heteroatoms. The molecule has 1 unspecified atom stereocenters. The van der Waals surface area contributed by atoms with Gasteiger partial charge >= 0.3 is 37.7 Å². The zero-order valence-corrected chi connectivity index (χ0v) is 29.3. The van der Waals surface area contributed by atoms with Crippen LogP contribution in [0.25, 0.3) is 5.69 Å². The first-order valence-electron chi connectivity index (χ1n) is 13.1. The smallest absolute Gasteiger partial charge is 0.355 e. The van der Waals surface area contributed by atoms with Crippen LogP contribution in [-0.2, 0) is 25.3 Å². The largest absolute Gasteiger partial charge is 0.494 e. The van der Waals surface area contributed by atoms with Gasteiger partial charge in [0.25, 0.3) is 0 Å². The Morgan fingerprint density at radius 3 is 2.12 bits per heavy atom. The minimum Gasteiger partial charge on any atom is -0.494 e. The first kappa shape index (κ1) is 43.7. The molecule has 1 aromatic heterocycles. The Hall–Kier alpha value is -3.35. The molecule has 5 N–H and O–H groups in total. The number of carbonyl (C=O) groups is 3. The Balaban J connectivity index is 0.000000433. The summed E-state index contributed by atoms with van der Waals surface area (Å²) >= 11 is 23.3. The molecule has 49 heavy (non-hydrogen) atoms. The van der Waals surface area contributed by atoms with Crippen LogP contribution in [-0.4, -0.2) is 84.2 Å². The van der Waals surface area contributed by atoms with Gasteiger partial charge in [0.1, 0.15) is 22.5 Å². The van der Waals surface area contributed by atoms with Crippen molar-refractivity contribution in [1.29, 1.82) is 0 Å². The number of rotatable bonds is 12. The van der Waals surface area contributed by atoms with Gasteiger partial charge in [0, 0.05) is 11.4 Å². The summed E-state index contributed by atoms with van der Waals surface area (Å²) in [4.78, 5) is 60.6. The minimum absolute atomic E-state index is 0.0424. The normalized spacial score (nSPS) is 11.5. The molecule has 3 aromatic rings. The fraction of sp³-hybridized carbons (Fsp3) is 0.346. The van der Waals surface area contributed by atoms with Gasteiger partial charge in [-0.1, -0.05) is 34.8 Å². The van der Waals surface area contributed by atoms with Crippen molar-refractivity contribution in [3.05, 3.63) is 72.6 Å². The van der Waals surface area contributed by atoms with Gasteiger partial charge in [0.05, 0.1) is 36.6 Å². The Morgan fingerprint density at radius 2 is 1.67 bits per heavy atom. The van der Waals surface area contributed by atoms with Crippen LogP contribution in [0, 0.1) is 12.7 Å². The summed E-state index contributed by atoms with van der Waals surface area (Å²) in [6.07, 6.45) is -0.713. The minimum atomic E-state index is -4.10. The number of hydrogen-bond donors (Lipinski definition) is 5. The third-order valence-electron chi connectivity index (χ3n) is 5.53. The fourth-order valence-corrected chi connectivity index (χ4v) is 4.83. The summed E-state index contributed by atoms with van der Waals surface area (Å²) in [5, 5.41) is 21.7. The number of aromatic carboxylic acids is 1. The van der Waals surface area contributed by atoms with E-state index < -0.39 is 61.8 Å². The number of carboxylic acids is 2. The number of esters is 1. The second-order valence-corrected chi connectivity index (χ2v) is 12.5. The maximum atomic E-state index is 14.2. The van der Waals surface area contributed by atoms with E-state index in [4.69, 9.17) is 75.9 Å². The Morgan fingerprint density at radius 1 is 1.08 bits per heavy atom. The molecule has 0 aliphatic carbocycles. The van der Waals surface area contributed by atoms with E-state index in [1.165, 1.54) is 26.2 Å². The molecule has 2 aromatic carbocycles. The first-order chi connectivity index (χ1) is 22.7. The molecule has 0 saturated heterocycles. The van der Waals surface area contributed by atoms with Gasteiger partial charge in [0.15, 0.2) is 11.6 Å². The lowest BCUT2D eigenvalue weighted by Crippen LogP contribution is -2.25.